The molecule has 0 aromatic carbocycles. The van der Waals surface area contributed by atoms with Gasteiger partial charge >= 0.3 is 85.7 Å². The molecule has 6 heavy (non-hydrogen) atoms. The Kier molecular flexibility index (Phi) is 613. The summed E-state index contributed by atoms with van der Waals surface area (Å²) in [5.74, 6) is 0. The summed E-state index contributed by atoms with van der Waals surface area (Å²) < 4.78 is 0. The second-order valence-electron chi connectivity index (χ2n) is 0. The van der Waals surface area contributed by atoms with E-state index in [0.29, 0.717) is 0 Å². The van der Waals surface area contributed by atoms with Crippen molar-refractivity contribution < 1.29 is 91.2 Å². The van der Waals surface area contributed by atoms with Crippen LogP contribution in [-0.2, 0) is 72.3 Å². The van der Waals surface area contributed by atoms with E-state index < -0.39 is 0 Å². The van der Waals surface area contributed by atoms with Crippen LogP contribution < -0.4 is 18.9 Å². The number of rotatable bonds is 0. The smallest absolute Gasteiger partial charge is 2.00 e. The van der Waals surface area contributed by atoms with Gasteiger partial charge < -0.3 is 5.48 Å². The van der Waals surface area contributed by atoms with Crippen LogP contribution in [0.15, 0.2) is 0 Å². The van der Waals surface area contributed by atoms with Crippen molar-refractivity contribution in [3.8, 4) is 0 Å². The van der Waals surface area contributed by atoms with Crippen molar-refractivity contribution in [2.45, 2.75) is 0 Å². The van der Waals surface area contributed by atoms with Gasteiger partial charge in [0.05, 0.1) is 0 Å². The quantitative estimate of drug-likeness (QED) is 0.409. The van der Waals surface area contributed by atoms with Gasteiger partial charge in [0, 0.05) is 0 Å². The fourth-order valence-electron chi connectivity index (χ4n) is 0. The molecule has 36 valence electrons. The fraction of sp³-hybridized carbons (Fsp3) is 0. The largest absolute Gasteiger partial charge is 2.00 e. The van der Waals surface area contributed by atoms with Crippen LogP contribution in [-0.4, -0.2) is 0 Å². The first-order valence-corrected chi connectivity index (χ1v) is 0. The van der Waals surface area contributed by atoms with E-state index in [0.717, 1.165) is 0 Å². The van der Waals surface area contributed by atoms with Crippen LogP contribution in [0.5, 0.6) is 0 Å². The third kappa shape index (κ3) is 30.9. The number of hydrogen-bond donors (Lipinski definition) is 0. The first-order chi connectivity index (χ1) is 0. The summed E-state index contributed by atoms with van der Waals surface area (Å²) in [5.41, 5.74) is 0. The summed E-state index contributed by atoms with van der Waals surface area (Å²) in [6.07, 6.45) is 0. The zero-order valence-electron chi connectivity index (χ0n) is 2.75. The first kappa shape index (κ1) is 74.3. The minimum Gasteiger partial charge on any atom is -2.00 e. The molecule has 0 aliphatic heterocycles. The molecular formula is CoLiMnNi2O+7. The van der Waals surface area contributed by atoms with Crippen molar-refractivity contribution in [1.82, 2.24) is 0 Å². The first-order valence-electron chi connectivity index (χ1n) is 0. The molecule has 0 unspecified atom stereocenters. The molecule has 0 atom stereocenters. The van der Waals surface area contributed by atoms with Crippen LogP contribution in [0, 0.1) is 0 Å². The van der Waals surface area contributed by atoms with Gasteiger partial charge in [-0.1, -0.05) is 0 Å². The maximum Gasteiger partial charge on any atom is 2.00 e. The summed E-state index contributed by atoms with van der Waals surface area (Å²) in [6.45, 7) is 0. The summed E-state index contributed by atoms with van der Waals surface area (Å²) in [6, 6.07) is 0. The van der Waals surface area contributed by atoms with Crippen molar-refractivity contribution in [3.05, 3.63) is 0 Å². The average Bonchev–Trinajstić information content (AvgIpc) is 0. The van der Waals surface area contributed by atoms with Gasteiger partial charge in [-0.05, 0) is 0 Å². The molecule has 2 radical (unpaired) electrons. The predicted octanol–water partition coefficient (Wildman–Crippen LogP) is -3.12. The van der Waals surface area contributed by atoms with Gasteiger partial charge in [0.25, 0.3) is 0 Å². The Labute approximate surface area is 90.2 Å². The normalized spacial score (nSPS) is 0. The van der Waals surface area contributed by atoms with Crippen LogP contribution in [0.2, 0.25) is 0 Å². The minimum absolute atomic E-state index is 0. The fourth-order valence-corrected chi connectivity index (χ4v) is 0. The van der Waals surface area contributed by atoms with Gasteiger partial charge in [-0.15, -0.1) is 0 Å². The molecule has 0 aromatic rings. The van der Waals surface area contributed by atoms with Crippen LogP contribution in [0.25, 0.3) is 0 Å². The molecule has 0 amide bonds. The summed E-state index contributed by atoms with van der Waals surface area (Å²) in [7, 11) is 0. The van der Waals surface area contributed by atoms with Crippen LogP contribution in [0.1, 0.15) is 0 Å². The van der Waals surface area contributed by atoms with E-state index in [1.165, 1.54) is 0 Å². The van der Waals surface area contributed by atoms with Gasteiger partial charge in [0.15, 0.2) is 0 Å². The SMILES string of the molecule is [Co+2].[Li+].[Mn+2].[Ni+2].[Ni+2].[O-2]. The van der Waals surface area contributed by atoms with Crippen molar-refractivity contribution in [2.24, 2.45) is 0 Å². The average molecular weight is 254 g/mol. The van der Waals surface area contributed by atoms with E-state index in [-0.39, 0.29) is 91.2 Å². The van der Waals surface area contributed by atoms with Crippen molar-refractivity contribution >= 4 is 0 Å². The molecule has 0 heterocycles. The van der Waals surface area contributed by atoms with E-state index in [4.69, 9.17) is 0 Å². The van der Waals surface area contributed by atoms with E-state index in [1.807, 2.05) is 0 Å². The minimum atomic E-state index is 0. The van der Waals surface area contributed by atoms with Gasteiger partial charge in [0.1, 0.15) is 0 Å². The van der Waals surface area contributed by atoms with Crippen molar-refractivity contribution in [3.63, 3.8) is 0 Å². The number of hydrogen-bond acceptors (Lipinski definition) is 0. The molecule has 1 nitrogen and oxygen atoms in total. The van der Waals surface area contributed by atoms with Gasteiger partial charge in [-0.2, -0.15) is 0 Å². The van der Waals surface area contributed by atoms with Crippen LogP contribution in [0.4, 0.5) is 0 Å². The van der Waals surface area contributed by atoms with E-state index in [2.05, 4.69) is 0 Å². The maximum atomic E-state index is 0. The Morgan fingerprint density at radius 3 is 0.833 bits per heavy atom. The maximum absolute atomic E-state index is 0. The third-order valence-corrected chi connectivity index (χ3v) is 0. The Morgan fingerprint density at radius 2 is 0.833 bits per heavy atom. The molecule has 0 aliphatic carbocycles. The predicted molar refractivity (Wildman–Crippen MR) is 0.686 cm³/mol. The van der Waals surface area contributed by atoms with Crippen molar-refractivity contribution in [2.75, 3.05) is 0 Å². The molecule has 0 aromatic heterocycles. The van der Waals surface area contributed by atoms with Crippen LogP contribution >= 0.6 is 0 Å². The molecule has 0 saturated heterocycles. The van der Waals surface area contributed by atoms with Gasteiger partial charge in [-0.3, -0.25) is 0 Å². The van der Waals surface area contributed by atoms with Crippen molar-refractivity contribution in [1.29, 1.82) is 0 Å². The Bertz CT molecular complexity index is 13.5. The van der Waals surface area contributed by atoms with Gasteiger partial charge in [0.2, 0.25) is 0 Å². The molecule has 0 bridgehead atoms. The summed E-state index contributed by atoms with van der Waals surface area (Å²) in [5, 5.41) is 0. The second-order valence-corrected chi connectivity index (χ2v) is 0. The topological polar surface area (TPSA) is 28.5 Å². The zero-order valence-corrected chi connectivity index (χ0v) is 6.95. The summed E-state index contributed by atoms with van der Waals surface area (Å²) >= 11 is 0. The zero-order chi connectivity index (χ0) is 0. The molecule has 0 fully saturated rings. The van der Waals surface area contributed by atoms with E-state index in [1.54, 1.807) is 0 Å². The molecule has 6 heteroatoms. The standard InChI is InChI=1S/Co.Li.Mn.2Ni.O/q+2;+1;3*+2;-2. The molecule has 0 aliphatic rings. The molecule has 0 saturated carbocycles. The van der Waals surface area contributed by atoms with Gasteiger partial charge in [-0.25, -0.2) is 0 Å². The monoisotopic (exact) mass is 253 g/mol. The van der Waals surface area contributed by atoms with E-state index in [9.17, 15) is 0 Å². The molecule has 0 spiro atoms. The molecular weight excluding hydrogens is 254 g/mol. The Morgan fingerprint density at radius 1 is 0.833 bits per heavy atom. The Hall–Kier alpha value is 2.57. The summed E-state index contributed by atoms with van der Waals surface area (Å²) in [4.78, 5) is 0. The molecule has 0 rings (SSSR count). The van der Waals surface area contributed by atoms with E-state index >= 15 is 0 Å². The second kappa shape index (κ2) is 49.5. The molecule has 0 N–H and O–H groups in total. The third-order valence-electron chi connectivity index (χ3n) is 0. The Balaban J connectivity index is 0. The van der Waals surface area contributed by atoms with Crippen LogP contribution in [0.3, 0.4) is 0 Å².